The van der Waals surface area contributed by atoms with Gasteiger partial charge in [-0.25, -0.2) is 13.4 Å². The Morgan fingerprint density at radius 3 is 2.57 bits per heavy atom. The van der Waals surface area contributed by atoms with Crippen molar-refractivity contribution in [2.45, 2.75) is 25.5 Å². The van der Waals surface area contributed by atoms with Crippen LogP contribution in [0.2, 0.25) is 0 Å². The van der Waals surface area contributed by atoms with Crippen LogP contribution in [0.4, 0.5) is 10.8 Å². The van der Waals surface area contributed by atoms with Crippen molar-refractivity contribution in [1.29, 1.82) is 0 Å². The molecule has 0 aliphatic rings. The highest BCUT2D eigenvalue weighted by Gasteiger charge is 2.29. The molecule has 0 amide bonds. The summed E-state index contributed by atoms with van der Waals surface area (Å²) in [6, 6.07) is 4.73. The van der Waals surface area contributed by atoms with Crippen molar-refractivity contribution in [3.05, 3.63) is 23.6 Å². The van der Waals surface area contributed by atoms with E-state index in [0.29, 0.717) is 16.4 Å². The van der Waals surface area contributed by atoms with Crippen molar-refractivity contribution >= 4 is 32.2 Å². The van der Waals surface area contributed by atoms with Crippen LogP contribution in [0, 0.1) is 0 Å². The SMILES string of the molecule is CC(C)(C)S(=O)(=O)Nc1nc(-c2ccc(O)c(N)c2)cs1. The summed E-state index contributed by atoms with van der Waals surface area (Å²) in [5, 5.41) is 11.4. The molecule has 4 N–H and O–H groups in total. The number of nitrogens with zero attached hydrogens (tertiary/aromatic N) is 1. The molecule has 0 bridgehead atoms. The topological polar surface area (TPSA) is 105 Å². The molecule has 1 heterocycles. The Bertz CT molecular complexity index is 761. The summed E-state index contributed by atoms with van der Waals surface area (Å²) >= 11 is 1.19. The molecule has 0 saturated carbocycles. The van der Waals surface area contributed by atoms with Crippen LogP contribution in [0.3, 0.4) is 0 Å². The molecule has 0 unspecified atom stereocenters. The van der Waals surface area contributed by atoms with Crippen LogP contribution >= 0.6 is 11.3 Å². The third-order valence-corrected chi connectivity index (χ3v) is 5.82. The minimum Gasteiger partial charge on any atom is -0.506 e. The third kappa shape index (κ3) is 3.27. The maximum Gasteiger partial charge on any atom is 0.239 e. The number of nitrogen functional groups attached to an aromatic ring is 1. The number of hydrogen-bond acceptors (Lipinski definition) is 6. The minimum absolute atomic E-state index is 0.00244. The van der Waals surface area contributed by atoms with Crippen molar-refractivity contribution in [2.75, 3.05) is 10.5 Å². The normalized spacial score (nSPS) is 12.3. The minimum atomic E-state index is -3.50. The lowest BCUT2D eigenvalue weighted by atomic mass is 10.1. The Hall–Kier alpha value is -1.80. The van der Waals surface area contributed by atoms with E-state index >= 15 is 0 Å². The Morgan fingerprint density at radius 2 is 2.00 bits per heavy atom. The van der Waals surface area contributed by atoms with Gasteiger partial charge in [-0.1, -0.05) is 0 Å². The number of aromatic nitrogens is 1. The number of nitrogens with one attached hydrogen (secondary N) is 1. The number of benzene rings is 1. The maximum atomic E-state index is 12.1. The van der Waals surface area contributed by atoms with E-state index in [9.17, 15) is 13.5 Å². The summed E-state index contributed by atoms with van der Waals surface area (Å²) in [5.41, 5.74) is 7.19. The molecule has 0 aliphatic carbocycles. The Morgan fingerprint density at radius 1 is 1.33 bits per heavy atom. The second-order valence-corrected chi connectivity index (χ2v) is 8.82. The number of phenols is 1. The smallest absolute Gasteiger partial charge is 0.239 e. The first-order valence-corrected chi connectivity index (χ1v) is 8.53. The fourth-order valence-electron chi connectivity index (χ4n) is 1.44. The quantitative estimate of drug-likeness (QED) is 0.593. The molecule has 114 valence electrons. The molecule has 21 heavy (non-hydrogen) atoms. The fourth-order valence-corrected chi connectivity index (χ4v) is 3.10. The van der Waals surface area contributed by atoms with E-state index in [4.69, 9.17) is 5.73 Å². The first-order chi connectivity index (χ1) is 9.60. The highest BCUT2D eigenvalue weighted by atomic mass is 32.2. The van der Waals surface area contributed by atoms with Crippen LogP contribution in [0.25, 0.3) is 11.3 Å². The van der Waals surface area contributed by atoms with Crippen LogP contribution < -0.4 is 10.5 Å². The molecule has 6 nitrogen and oxygen atoms in total. The Labute approximate surface area is 127 Å². The number of hydrogen-bond donors (Lipinski definition) is 3. The molecule has 0 radical (unpaired) electrons. The molecule has 1 aromatic heterocycles. The summed E-state index contributed by atoms with van der Waals surface area (Å²) in [4.78, 5) is 4.24. The molecule has 0 aliphatic heterocycles. The summed E-state index contributed by atoms with van der Waals surface area (Å²) in [6.45, 7) is 4.85. The van der Waals surface area contributed by atoms with Crippen LogP contribution in [0.1, 0.15) is 20.8 Å². The van der Waals surface area contributed by atoms with Gasteiger partial charge in [-0.15, -0.1) is 11.3 Å². The first kappa shape index (κ1) is 15.6. The van der Waals surface area contributed by atoms with E-state index in [1.165, 1.54) is 17.4 Å². The van der Waals surface area contributed by atoms with Gasteiger partial charge in [0.1, 0.15) is 5.75 Å². The number of anilines is 2. The van der Waals surface area contributed by atoms with Gasteiger partial charge in [0, 0.05) is 10.9 Å². The number of aromatic hydroxyl groups is 1. The molecule has 2 rings (SSSR count). The van der Waals surface area contributed by atoms with Crippen LogP contribution in [0.15, 0.2) is 23.6 Å². The predicted molar refractivity (Wildman–Crippen MR) is 85.9 cm³/mol. The van der Waals surface area contributed by atoms with E-state index in [1.54, 1.807) is 38.3 Å². The van der Waals surface area contributed by atoms with Gasteiger partial charge >= 0.3 is 0 Å². The maximum absolute atomic E-state index is 12.1. The average molecular weight is 327 g/mol. The van der Waals surface area contributed by atoms with Gasteiger partial charge in [0.2, 0.25) is 10.0 Å². The predicted octanol–water partition coefficient (Wildman–Crippen LogP) is 2.64. The van der Waals surface area contributed by atoms with E-state index in [0.717, 1.165) is 0 Å². The summed E-state index contributed by atoms with van der Waals surface area (Å²) in [6.07, 6.45) is 0. The van der Waals surface area contributed by atoms with Crippen molar-refractivity contribution in [1.82, 2.24) is 4.98 Å². The van der Waals surface area contributed by atoms with E-state index in [-0.39, 0.29) is 11.4 Å². The third-order valence-electron chi connectivity index (χ3n) is 2.86. The molecule has 0 atom stereocenters. The van der Waals surface area contributed by atoms with E-state index in [2.05, 4.69) is 9.71 Å². The fraction of sp³-hybridized carbons (Fsp3) is 0.308. The summed E-state index contributed by atoms with van der Waals surface area (Å²) < 4.78 is 25.7. The number of nitrogens with two attached hydrogens (primary N) is 1. The average Bonchev–Trinajstić information content (AvgIpc) is 2.79. The molecule has 1 aromatic carbocycles. The number of sulfonamides is 1. The van der Waals surface area contributed by atoms with Crippen molar-refractivity contribution in [3.63, 3.8) is 0 Å². The highest BCUT2D eigenvalue weighted by molar-refractivity contribution is 7.94. The number of phenolic OH excluding ortho intramolecular Hbond substituents is 1. The van der Waals surface area contributed by atoms with Gasteiger partial charge in [-0.3, -0.25) is 4.72 Å². The Kier molecular flexibility index (Phi) is 3.85. The number of rotatable bonds is 3. The molecule has 2 aromatic rings. The van der Waals surface area contributed by atoms with Gasteiger partial charge in [0.05, 0.1) is 16.1 Å². The van der Waals surface area contributed by atoms with Crippen molar-refractivity contribution in [3.8, 4) is 17.0 Å². The van der Waals surface area contributed by atoms with E-state index in [1.807, 2.05) is 0 Å². The van der Waals surface area contributed by atoms with Gasteiger partial charge in [-0.2, -0.15) is 0 Å². The van der Waals surface area contributed by atoms with Crippen molar-refractivity contribution in [2.24, 2.45) is 0 Å². The first-order valence-electron chi connectivity index (χ1n) is 6.17. The van der Waals surface area contributed by atoms with E-state index < -0.39 is 14.8 Å². The number of thiazole rings is 1. The zero-order valence-corrected chi connectivity index (χ0v) is 13.5. The molecular formula is C13H17N3O3S2. The lowest BCUT2D eigenvalue weighted by Gasteiger charge is -2.18. The lowest BCUT2D eigenvalue weighted by Crippen LogP contribution is -2.33. The monoisotopic (exact) mass is 327 g/mol. The van der Waals surface area contributed by atoms with Crippen LogP contribution in [0.5, 0.6) is 5.75 Å². The van der Waals surface area contributed by atoms with Crippen LogP contribution in [-0.2, 0) is 10.0 Å². The highest BCUT2D eigenvalue weighted by Crippen LogP contribution is 2.31. The largest absolute Gasteiger partial charge is 0.506 e. The van der Waals surface area contributed by atoms with Gasteiger partial charge < -0.3 is 10.8 Å². The molecule has 0 fully saturated rings. The second kappa shape index (κ2) is 5.19. The molecule has 8 heteroatoms. The molecular weight excluding hydrogens is 310 g/mol. The summed E-state index contributed by atoms with van der Waals surface area (Å²) in [7, 11) is -3.50. The van der Waals surface area contributed by atoms with Crippen LogP contribution in [-0.4, -0.2) is 23.3 Å². The van der Waals surface area contributed by atoms with Gasteiger partial charge in [0.25, 0.3) is 0 Å². The molecule has 0 saturated heterocycles. The van der Waals surface area contributed by atoms with Gasteiger partial charge in [-0.05, 0) is 39.0 Å². The zero-order valence-electron chi connectivity index (χ0n) is 11.9. The standard InChI is InChI=1S/C13H17N3O3S2/c1-13(2,3)21(18,19)16-12-15-10(7-20-12)8-4-5-11(17)9(14)6-8/h4-7,17H,14H2,1-3H3,(H,15,16). The lowest BCUT2D eigenvalue weighted by molar-refractivity contribution is 0.478. The second-order valence-electron chi connectivity index (χ2n) is 5.53. The Balaban J connectivity index is 2.28. The van der Waals surface area contributed by atoms with Crippen molar-refractivity contribution < 1.29 is 13.5 Å². The zero-order chi connectivity index (χ0) is 15.8. The van der Waals surface area contributed by atoms with Gasteiger partial charge in [0.15, 0.2) is 5.13 Å². The summed E-state index contributed by atoms with van der Waals surface area (Å²) in [5.74, 6) is 0.00244. The molecule has 0 spiro atoms.